The molecule has 0 saturated carbocycles. The minimum absolute atomic E-state index is 0.0556. The van der Waals surface area contributed by atoms with Crippen LogP contribution < -0.4 is 5.32 Å². The molecule has 0 aliphatic carbocycles. The van der Waals surface area contributed by atoms with Gasteiger partial charge in [-0.1, -0.05) is 28.6 Å². The van der Waals surface area contributed by atoms with Crippen LogP contribution in [0.2, 0.25) is 0 Å². The summed E-state index contributed by atoms with van der Waals surface area (Å²) in [5, 5.41) is 6.52. The van der Waals surface area contributed by atoms with Crippen molar-refractivity contribution in [1.29, 1.82) is 0 Å². The van der Waals surface area contributed by atoms with Crippen molar-refractivity contribution >= 4 is 27.6 Å². The minimum atomic E-state index is -4.50. The van der Waals surface area contributed by atoms with Crippen LogP contribution in [0.15, 0.2) is 35.3 Å². The lowest BCUT2D eigenvalue weighted by atomic mass is 10.1. The van der Waals surface area contributed by atoms with E-state index in [-0.39, 0.29) is 29.2 Å². The normalized spacial score (nSPS) is 11.3. The summed E-state index contributed by atoms with van der Waals surface area (Å²) in [6, 6.07) is 4.58. The van der Waals surface area contributed by atoms with Crippen LogP contribution in [0.4, 0.5) is 13.2 Å². The van der Waals surface area contributed by atoms with Gasteiger partial charge in [-0.2, -0.15) is 18.3 Å². The first kappa shape index (κ1) is 19.9. The number of nitrogens with zero attached hydrogens (tertiary/aromatic N) is 2. The molecule has 2 rings (SSSR count). The molecule has 0 saturated heterocycles. The number of hydrogen-bond donors (Lipinski definition) is 1. The van der Waals surface area contributed by atoms with E-state index >= 15 is 0 Å². The summed E-state index contributed by atoms with van der Waals surface area (Å²) in [5.41, 5.74) is -0.102. The molecule has 0 aliphatic rings. The Hall–Kier alpha value is -2.42. The van der Waals surface area contributed by atoms with Gasteiger partial charge in [0.15, 0.2) is 0 Å². The summed E-state index contributed by atoms with van der Waals surface area (Å²) < 4.78 is 40.4. The van der Waals surface area contributed by atoms with Gasteiger partial charge in [-0.15, -0.1) is 0 Å². The number of rotatable bonds is 5. The molecule has 0 bridgehead atoms. The first-order valence-corrected chi connectivity index (χ1v) is 8.21. The highest BCUT2D eigenvalue weighted by atomic mass is 79.9. The van der Waals surface area contributed by atoms with Crippen LogP contribution in [0, 0.1) is 13.8 Å². The second kappa shape index (κ2) is 7.45. The average Bonchev–Trinajstić information content (AvgIpc) is 2.86. The van der Waals surface area contributed by atoms with Crippen LogP contribution in [0.1, 0.15) is 27.3 Å². The van der Waals surface area contributed by atoms with E-state index in [0.29, 0.717) is 4.48 Å². The van der Waals surface area contributed by atoms with E-state index < -0.39 is 23.4 Å². The molecule has 0 fully saturated rings. The molecule has 0 atom stereocenters. The van der Waals surface area contributed by atoms with Crippen LogP contribution in [-0.2, 0) is 11.0 Å². The number of nitrogens with one attached hydrogen (secondary N) is 1. The van der Waals surface area contributed by atoms with Gasteiger partial charge < -0.3 is 5.32 Å². The molecule has 0 unspecified atom stereocenters. The SMILES string of the molecule is C=C(Br)CNC(=O)C(=O)c1c(C)nn(-c2cccc(C(F)(F)F)c2)c1C. The number of hydrogen-bond acceptors (Lipinski definition) is 3. The van der Waals surface area contributed by atoms with Gasteiger partial charge >= 0.3 is 6.18 Å². The van der Waals surface area contributed by atoms with Gasteiger partial charge in [0.05, 0.1) is 28.2 Å². The summed E-state index contributed by atoms with van der Waals surface area (Å²) in [4.78, 5) is 24.4. The Morgan fingerprint density at radius 2 is 1.96 bits per heavy atom. The summed E-state index contributed by atoms with van der Waals surface area (Å²) in [6.07, 6.45) is -4.50. The third-order valence-electron chi connectivity index (χ3n) is 3.58. The second-order valence-corrected chi connectivity index (χ2v) is 6.66. The number of alkyl halides is 3. The van der Waals surface area contributed by atoms with Crippen LogP contribution in [0.3, 0.4) is 0 Å². The number of aromatic nitrogens is 2. The van der Waals surface area contributed by atoms with E-state index in [2.05, 4.69) is 32.9 Å². The standard InChI is InChI=1S/C17H15BrF3N3O2/c1-9(18)8-22-16(26)15(25)14-10(2)23-24(11(14)3)13-6-4-5-12(7-13)17(19,20)21/h4-7H,1,8H2,2-3H3,(H,22,26). The Balaban J connectivity index is 2.41. The van der Waals surface area contributed by atoms with Gasteiger partial charge in [0.25, 0.3) is 11.7 Å². The van der Waals surface area contributed by atoms with Crippen LogP contribution in [0.5, 0.6) is 0 Å². The highest BCUT2D eigenvalue weighted by molar-refractivity contribution is 9.11. The highest BCUT2D eigenvalue weighted by Crippen LogP contribution is 2.30. The Bertz CT molecular complexity index is 888. The smallest absolute Gasteiger partial charge is 0.345 e. The molecule has 1 N–H and O–H groups in total. The summed E-state index contributed by atoms with van der Waals surface area (Å²) in [7, 11) is 0. The maximum Gasteiger partial charge on any atom is 0.416 e. The predicted molar refractivity (Wildman–Crippen MR) is 93.4 cm³/mol. The van der Waals surface area contributed by atoms with Gasteiger partial charge in [0, 0.05) is 11.0 Å². The number of carbonyl (C=O) groups is 2. The van der Waals surface area contributed by atoms with E-state index in [4.69, 9.17) is 0 Å². The second-order valence-electron chi connectivity index (χ2n) is 5.53. The van der Waals surface area contributed by atoms with Gasteiger partial charge in [-0.3, -0.25) is 9.59 Å². The zero-order valence-corrected chi connectivity index (χ0v) is 15.5. The number of ketones is 1. The summed E-state index contributed by atoms with van der Waals surface area (Å²) >= 11 is 3.07. The van der Waals surface area contributed by atoms with Crippen LogP contribution in [-0.4, -0.2) is 28.0 Å². The Labute approximate surface area is 156 Å². The molecule has 26 heavy (non-hydrogen) atoms. The first-order valence-electron chi connectivity index (χ1n) is 7.42. The molecule has 138 valence electrons. The number of carbonyl (C=O) groups excluding carboxylic acids is 2. The van der Waals surface area contributed by atoms with E-state index in [1.807, 2.05) is 0 Å². The van der Waals surface area contributed by atoms with Crippen molar-refractivity contribution < 1.29 is 22.8 Å². The topological polar surface area (TPSA) is 64.0 Å². The lowest BCUT2D eigenvalue weighted by molar-refractivity contribution is -0.137. The van der Waals surface area contributed by atoms with Crippen molar-refractivity contribution in [2.45, 2.75) is 20.0 Å². The molecular weight excluding hydrogens is 415 g/mol. The quantitative estimate of drug-likeness (QED) is 0.581. The molecule has 0 aliphatic heterocycles. The fourth-order valence-electron chi connectivity index (χ4n) is 2.41. The molecule has 0 spiro atoms. The zero-order valence-electron chi connectivity index (χ0n) is 13.9. The number of amides is 1. The maximum atomic E-state index is 12.9. The minimum Gasteiger partial charge on any atom is -0.345 e. The van der Waals surface area contributed by atoms with E-state index in [9.17, 15) is 22.8 Å². The molecule has 2 aromatic rings. The predicted octanol–water partition coefficient (Wildman–Crippen LogP) is 3.72. The van der Waals surface area contributed by atoms with Gasteiger partial charge in [0.1, 0.15) is 0 Å². The molecule has 1 aromatic heterocycles. The van der Waals surface area contributed by atoms with Crippen LogP contribution >= 0.6 is 15.9 Å². The van der Waals surface area contributed by atoms with Gasteiger partial charge in [-0.05, 0) is 32.0 Å². The highest BCUT2D eigenvalue weighted by Gasteiger charge is 2.31. The number of Topliss-reactive ketones (excluding diaryl/α,β-unsaturated/α-hetero) is 1. The maximum absolute atomic E-state index is 12.9. The van der Waals surface area contributed by atoms with Crippen molar-refractivity contribution in [1.82, 2.24) is 15.1 Å². The summed E-state index contributed by atoms with van der Waals surface area (Å²) in [6.45, 7) is 6.66. The van der Waals surface area contributed by atoms with E-state index in [1.165, 1.54) is 30.7 Å². The Morgan fingerprint density at radius 1 is 1.31 bits per heavy atom. The number of benzene rings is 1. The van der Waals surface area contributed by atoms with Crippen LogP contribution in [0.25, 0.3) is 5.69 Å². The Kier molecular flexibility index (Phi) is 5.70. The third kappa shape index (κ3) is 4.21. The molecule has 9 heteroatoms. The lowest BCUT2D eigenvalue weighted by Crippen LogP contribution is -2.32. The monoisotopic (exact) mass is 429 g/mol. The Morgan fingerprint density at radius 3 is 2.54 bits per heavy atom. The van der Waals surface area contributed by atoms with E-state index in [0.717, 1.165) is 12.1 Å². The third-order valence-corrected chi connectivity index (χ3v) is 3.86. The summed E-state index contributed by atoms with van der Waals surface area (Å²) in [5.74, 6) is -1.66. The largest absolute Gasteiger partial charge is 0.416 e. The first-order chi connectivity index (χ1) is 12.0. The molecule has 1 amide bonds. The van der Waals surface area contributed by atoms with Crippen molar-refractivity contribution in [3.63, 3.8) is 0 Å². The molecule has 1 aromatic carbocycles. The number of aryl methyl sites for hydroxylation is 1. The van der Waals surface area contributed by atoms with Gasteiger partial charge in [0.2, 0.25) is 0 Å². The van der Waals surface area contributed by atoms with Crippen molar-refractivity contribution in [3.8, 4) is 5.69 Å². The fourth-order valence-corrected chi connectivity index (χ4v) is 2.55. The van der Waals surface area contributed by atoms with E-state index in [1.54, 1.807) is 0 Å². The van der Waals surface area contributed by atoms with Crippen molar-refractivity contribution in [3.05, 3.63) is 57.8 Å². The molecule has 1 heterocycles. The molecular formula is C17H15BrF3N3O2. The molecule has 5 nitrogen and oxygen atoms in total. The molecule has 0 radical (unpaired) electrons. The lowest BCUT2D eigenvalue weighted by Gasteiger charge is -2.10. The fraction of sp³-hybridized carbons (Fsp3) is 0.235. The zero-order chi connectivity index (χ0) is 19.6. The van der Waals surface area contributed by atoms with Crippen molar-refractivity contribution in [2.75, 3.05) is 6.54 Å². The van der Waals surface area contributed by atoms with Gasteiger partial charge in [-0.25, -0.2) is 4.68 Å². The average molecular weight is 430 g/mol. The van der Waals surface area contributed by atoms with Crippen molar-refractivity contribution in [2.24, 2.45) is 0 Å². The number of halogens is 4.